The molecular weight excluding hydrogens is 291 g/mol. The molecule has 1 aromatic carbocycles. The van der Waals surface area contributed by atoms with E-state index < -0.39 is 18.0 Å². The van der Waals surface area contributed by atoms with E-state index in [1.165, 1.54) is 11.0 Å². The molecule has 7 heteroatoms. The van der Waals surface area contributed by atoms with Crippen molar-refractivity contribution < 1.29 is 23.8 Å². The molecule has 1 fully saturated rings. The molecule has 6 nitrogen and oxygen atoms in total. The lowest BCUT2D eigenvalue weighted by atomic mass is 10.2. The summed E-state index contributed by atoms with van der Waals surface area (Å²) in [4.78, 5) is 13.0. The number of carbonyl (C=O) groups excluding carboxylic acids is 1. The fourth-order valence-electron chi connectivity index (χ4n) is 2.15. The summed E-state index contributed by atoms with van der Waals surface area (Å²) in [5.41, 5.74) is 0.765. The minimum atomic E-state index is -0.577. The van der Waals surface area contributed by atoms with Gasteiger partial charge in [0.1, 0.15) is 11.9 Å². The minimum absolute atomic E-state index is 0.215. The van der Waals surface area contributed by atoms with E-state index in [-0.39, 0.29) is 13.2 Å². The van der Waals surface area contributed by atoms with Crippen LogP contribution in [0.4, 0.5) is 20.6 Å². The van der Waals surface area contributed by atoms with Crippen LogP contribution in [0.2, 0.25) is 0 Å². The second kappa shape index (κ2) is 7.95. The monoisotopic (exact) mass is 312 g/mol. The Balaban J connectivity index is 1.93. The molecule has 1 aromatic rings. The summed E-state index contributed by atoms with van der Waals surface area (Å²) >= 11 is 0. The SMILES string of the molecule is CCCOCCNc1ccc(N2C[C@H](CO)OC2=O)cc1F. The van der Waals surface area contributed by atoms with Gasteiger partial charge in [-0.2, -0.15) is 0 Å². The quantitative estimate of drug-likeness (QED) is 0.718. The number of ether oxygens (including phenoxy) is 2. The number of carbonyl (C=O) groups is 1. The topological polar surface area (TPSA) is 71.0 Å². The van der Waals surface area contributed by atoms with Crippen LogP contribution in [0.15, 0.2) is 18.2 Å². The first-order chi connectivity index (χ1) is 10.7. The third kappa shape index (κ3) is 4.08. The number of cyclic esters (lactones) is 1. The van der Waals surface area contributed by atoms with Crippen molar-refractivity contribution in [2.24, 2.45) is 0 Å². The van der Waals surface area contributed by atoms with Crippen molar-refractivity contribution in [1.82, 2.24) is 0 Å². The van der Waals surface area contributed by atoms with Gasteiger partial charge in [-0.05, 0) is 24.6 Å². The summed E-state index contributed by atoms with van der Waals surface area (Å²) in [6.07, 6.45) is -0.194. The molecule has 1 aliphatic rings. The first kappa shape index (κ1) is 16.5. The Hall–Kier alpha value is -1.86. The van der Waals surface area contributed by atoms with E-state index in [0.717, 1.165) is 6.42 Å². The van der Waals surface area contributed by atoms with Crippen molar-refractivity contribution in [1.29, 1.82) is 0 Å². The standard InChI is InChI=1S/C15H21FN2O4/c1-2-6-21-7-5-17-14-4-3-11(8-13(14)16)18-9-12(10-19)22-15(18)20/h3-4,8,12,17,19H,2,5-7,9-10H2,1H3/t12-/m1/s1. The third-order valence-electron chi connectivity index (χ3n) is 3.25. The predicted octanol–water partition coefficient (Wildman–Crippen LogP) is 1.98. The Morgan fingerprint density at radius 2 is 2.32 bits per heavy atom. The van der Waals surface area contributed by atoms with Gasteiger partial charge in [-0.3, -0.25) is 4.90 Å². The van der Waals surface area contributed by atoms with E-state index in [4.69, 9.17) is 14.6 Å². The number of nitrogens with one attached hydrogen (secondary N) is 1. The van der Waals surface area contributed by atoms with Gasteiger partial charge in [-0.1, -0.05) is 6.92 Å². The van der Waals surface area contributed by atoms with Gasteiger partial charge in [0.15, 0.2) is 0 Å². The van der Waals surface area contributed by atoms with Gasteiger partial charge in [0, 0.05) is 13.2 Å². The Morgan fingerprint density at radius 3 is 2.95 bits per heavy atom. The fraction of sp³-hybridized carbons (Fsp3) is 0.533. The van der Waals surface area contributed by atoms with Gasteiger partial charge in [-0.15, -0.1) is 0 Å². The maximum Gasteiger partial charge on any atom is 0.414 e. The van der Waals surface area contributed by atoms with Crippen LogP contribution in [0.5, 0.6) is 0 Å². The highest BCUT2D eigenvalue weighted by atomic mass is 19.1. The molecule has 2 rings (SSSR count). The number of benzene rings is 1. The van der Waals surface area contributed by atoms with Crippen molar-refractivity contribution in [2.45, 2.75) is 19.4 Å². The van der Waals surface area contributed by atoms with E-state index in [0.29, 0.717) is 31.1 Å². The van der Waals surface area contributed by atoms with Crippen molar-refractivity contribution in [2.75, 3.05) is 43.1 Å². The molecule has 0 unspecified atom stereocenters. The highest BCUT2D eigenvalue weighted by Gasteiger charge is 2.32. The van der Waals surface area contributed by atoms with Gasteiger partial charge in [0.2, 0.25) is 0 Å². The van der Waals surface area contributed by atoms with Crippen LogP contribution in [0, 0.1) is 5.82 Å². The Bertz CT molecular complexity index is 512. The molecule has 0 saturated carbocycles. The van der Waals surface area contributed by atoms with E-state index in [1.54, 1.807) is 12.1 Å². The molecule has 1 atom stereocenters. The molecule has 0 bridgehead atoms. The van der Waals surface area contributed by atoms with Gasteiger partial charge in [0.05, 0.1) is 31.1 Å². The van der Waals surface area contributed by atoms with Crippen LogP contribution in [0.3, 0.4) is 0 Å². The Labute approximate surface area is 128 Å². The maximum atomic E-state index is 14.1. The van der Waals surface area contributed by atoms with Crippen molar-refractivity contribution in [3.8, 4) is 0 Å². The number of aliphatic hydroxyl groups excluding tert-OH is 1. The summed E-state index contributed by atoms with van der Waals surface area (Å²) < 4.78 is 24.3. The van der Waals surface area contributed by atoms with Crippen LogP contribution in [0.25, 0.3) is 0 Å². The second-order valence-corrected chi connectivity index (χ2v) is 5.00. The summed E-state index contributed by atoms with van der Waals surface area (Å²) in [5.74, 6) is -0.451. The summed E-state index contributed by atoms with van der Waals surface area (Å²) in [6, 6.07) is 4.49. The fourth-order valence-corrected chi connectivity index (χ4v) is 2.15. The molecule has 22 heavy (non-hydrogen) atoms. The predicted molar refractivity (Wildman–Crippen MR) is 80.7 cm³/mol. The number of hydrogen-bond donors (Lipinski definition) is 2. The zero-order valence-corrected chi connectivity index (χ0v) is 12.5. The Morgan fingerprint density at radius 1 is 1.50 bits per heavy atom. The van der Waals surface area contributed by atoms with Crippen LogP contribution in [-0.2, 0) is 9.47 Å². The molecule has 0 spiro atoms. The van der Waals surface area contributed by atoms with Gasteiger partial charge >= 0.3 is 6.09 Å². The molecule has 122 valence electrons. The Kier molecular flexibility index (Phi) is 5.97. The van der Waals surface area contributed by atoms with Crippen LogP contribution >= 0.6 is 0 Å². The molecule has 1 heterocycles. The van der Waals surface area contributed by atoms with Crippen molar-refractivity contribution in [3.63, 3.8) is 0 Å². The van der Waals surface area contributed by atoms with E-state index in [2.05, 4.69) is 5.32 Å². The first-order valence-electron chi connectivity index (χ1n) is 7.36. The number of amides is 1. The average Bonchev–Trinajstić information content (AvgIpc) is 2.89. The number of nitrogens with zero attached hydrogens (tertiary/aromatic N) is 1. The largest absolute Gasteiger partial charge is 0.441 e. The number of hydrogen-bond acceptors (Lipinski definition) is 5. The molecular formula is C15H21FN2O4. The number of halogens is 1. The lowest BCUT2D eigenvalue weighted by Gasteiger charge is -2.15. The van der Waals surface area contributed by atoms with Gasteiger partial charge in [0.25, 0.3) is 0 Å². The summed E-state index contributed by atoms with van der Waals surface area (Å²) in [7, 11) is 0. The molecule has 0 aliphatic carbocycles. The zero-order chi connectivity index (χ0) is 15.9. The van der Waals surface area contributed by atoms with Crippen molar-refractivity contribution in [3.05, 3.63) is 24.0 Å². The molecule has 1 amide bonds. The van der Waals surface area contributed by atoms with Gasteiger partial charge in [-0.25, -0.2) is 9.18 Å². The first-order valence-corrected chi connectivity index (χ1v) is 7.36. The summed E-state index contributed by atoms with van der Waals surface area (Å²) in [6.45, 7) is 3.69. The molecule has 0 aromatic heterocycles. The average molecular weight is 312 g/mol. The van der Waals surface area contributed by atoms with Crippen molar-refractivity contribution >= 4 is 17.5 Å². The lowest BCUT2D eigenvalue weighted by molar-refractivity contribution is 0.0963. The highest BCUT2D eigenvalue weighted by Crippen LogP contribution is 2.25. The summed E-state index contributed by atoms with van der Waals surface area (Å²) in [5, 5.41) is 12.0. The lowest BCUT2D eigenvalue weighted by Crippen LogP contribution is -2.25. The molecule has 1 aliphatic heterocycles. The normalized spacial score (nSPS) is 17.7. The van der Waals surface area contributed by atoms with E-state index in [9.17, 15) is 9.18 Å². The molecule has 1 saturated heterocycles. The number of aliphatic hydroxyl groups is 1. The maximum absolute atomic E-state index is 14.1. The molecule has 2 N–H and O–H groups in total. The highest BCUT2D eigenvalue weighted by molar-refractivity contribution is 5.90. The van der Waals surface area contributed by atoms with E-state index >= 15 is 0 Å². The van der Waals surface area contributed by atoms with Crippen LogP contribution in [0.1, 0.15) is 13.3 Å². The van der Waals surface area contributed by atoms with Crippen LogP contribution < -0.4 is 10.2 Å². The third-order valence-corrected chi connectivity index (χ3v) is 3.25. The smallest absolute Gasteiger partial charge is 0.414 e. The van der Waals surface area contributed by atoms with E-state index in [1.807, 2.05) is 6.92 Å². The molecule has 0 radical (unpaired) electrons. The van der Waals surface area contributed by atoms with Gasteiger partial charge < -0.3 is 19.9 Å². The number of rotatable bonds is 8. The zero-order valence-electron chi connectivity index (χ0n) is 12.5. The van der Waals surface area contributed by atoms with Crippen LogP contribution in [-0.4, -0.2) is 50.2 Å². The number of anilines is 2. The second-order valence-electron chi connectivity index (χ2n) is 5.00. The minimum Gasteiger partial charge on any atom is -0.441 e.